The van der Waals surface area contributed by atoms with Crippen LogP contribution in [0.4, 0.5) is 5.69 Å². The Bertz CT molecular complexity index is 518. The second kappa shape index (κ2) is 4.60. The van der Waals surface area contributed by atoms with Gasteiger partial charge in [-0.1, -0.05) is 0 Å². The molecule has 1 aromatic heterocycles. The lowest BCUT2D eigenvalue weighted by Crippen LogP contribution is -2.10. The van der Waals surface area contributed by atoms with Crippen molar-refractivity contribution in [1.82, 2.24) is 20.2 Å². The van der Waals surface area contributed by atoms with Crippen molar-refractivity contribution in [1.29, 1.82) is 0 Å². The van der Waals surface area contributed by atoms with Crippen LogP contribution < -0.4 is 11.1 Å². The Labute approximate surface area is 97.6 Å². The number of aryl methyl sites for hydroxylation is 1. The van der Waals surface area contributed by atoms with Crippen molar-refractivity contribution in [2.45, 2.75) is 6.54 Å². The maximum atomic E-state index is 10.9. The Balaban J connectivity index is 1.97. The van der Waals surface area contributed by atoms with Gasteiger partial charge in [0, 0.05) is 11.3 Å². The van der Waals surface area contributed by atoms with E-state index in [1.807, 2.05) is 0 Å². The van der Waals surface area contributed by atoms with Gasteiger partial charge in [-0.25, -0.2) is 0 Å². The van der Waals surface area contributed by atoms with Crippen LogP contribution in [-0.4, -0.2) is 26.1 Å². The van der Waals surface area contributed by atoms with E-state index in [4.69, 9.17) is 5.73 Å². The summed E-state index contributed by atoms with van der Waals surface area (Å²) in [7, 11) is 1.71. The van der Waals surface area contributed by atoms with E-state index in [9.17, 15) is 4.79 Å². The third-order valence-electron chi connectivity index (χ3n) is 2.17. The van der Waals surface area contributed by atoms with E-state index in [2.05, 4.69) is 20.7 Å². The van der Waals surface area contributed by atoms with Gasteiger partial charge in [0.05, 0.1) is 13.6 Å². The first-order valence-corrected chi connectivity index (χ1v) is 5.02. The third-order valence-corrected chi connectivity index (χ3v) is 2.17. The number of aromatic nitrogens is 4. The fourth-order valence-corrected chi connectivity index (χ4v) is 1.33. The summed E-state index contributed by atoms with van der Waals surface area (Å²) in [6, 6.07) is 6.87. The van der Waals surface area contributed by atoms with Gasteiger partial charge in [-0.15, -0.1) is 10.2 Å². The molecule has 0 unspecified atom stereocenters. The summed E-state index contributed by atoms with van der Waals surface area (Å²) in [6.45, 7) is 0.476. The molecule has 1 heterocycles. The summed E-state index contributed by atoms with van der Waals surface area (Å²) in [5, 5.41) is 14.7. The molecule has 17 heavy (non-hydrogen) atoms. The van der Waals surface area contributed by atoms with Gasteiger partial charge in [-0.2, -0.15) is 4.80 Å². The van der Waals surface area contributed by atoms with Gasteiger partial charge in [0.1, 0.15) is 0 Å². The summed E-state index contributed by atoms with van der Waals surface area (Å²) in [6.07, 6.45) is 0. The number of amides is 1. The predicted octanol–water partition coefficient (Wildman–Crippen LogP) is -0.0789. The molecule has 0 spiro atoms. The molecule has 88 valence electrons. The molecule has 0 saturated heterocycles. The summed E-state index contributed by atoms with van der Waals surface area (Å²) < 4.78 is 0. The zero-order chi connectivity index (χ0) is 12.3. The molecule has 7 heteroatoms. The Morgan fingerprint density at radius 3 is 2.65 bits per heavy atom. The highest BCUT2D eigenvalue weighted by Gasteiger charge is 2.01. The van der Waals surface area contributed by atoms with Crippen LogP contribution in [0.3, 0.4) is 0 Å². The van der Waals surface area contributed by atoms with Crippen molar-refractivity contribution in [2.24, 2.45) is 12.8 Å². The van der Waals surface area contributed by atoms with E-state index in [1.165, 1.54) is 4.80 Å². The van der Waals surface area contributed by atoms with E-state index < -0.39 is 5.91 Å². The largest absolute Gasteiger partial charge is 0.378 e. The van der Waals surface area contributed by atoms with Crippen LogP contribution in [0.2, 0.25) is 0 Å². The highest BCUT2D eigenvalue weighted by molar-refractivity contribution is 5.93. The molecular weight excluding hydrogens is 220 g/mol. The minimum absolute atomic E-state index is 0.438. The van der Waals surface area contributed by atoms with Crippen molar-refractivity contribution in [3.63, 3.8) is 0 Å². The second-order valence-electron chi connectivity index (χ2n) is 3.49. The summed E-state index contributed by atoms with van der Waals surface area (Å²) in [4.78, 5) is 12.3. The number of benzene rings is 1. The number of tetrazole rings is 1. The number of hydrogen-bond donors (Lipinski definition) is 2. The average molecular weight is 232 g/mol. The molecule has 0 saturated carbocycles. The monoisotopic (exact) mass is 232 g/mol. The summed E-state index contributed by atoms with van der Waals surface area (Å²) in [5.41, 5.74) is 6.48. The maximum absolute atomic E-state index is 10.9. The van der Waals surface area contributed by atoms with Crippen LogP contribution in [0.15, 0.2) is 24.3 Å². The Morgan fingerprint density at radius 2 is 2.12 bits per heavy atom. The fourth-order valence-electron chi connectivity index (χ4n) is 1.33. The first-order chi connectivity index (χ1) is 8.15. The van der Waals surface area contributed by atoms with Gasteiger partial charge in [-0.3, -0.25) is 4.79 Å². The van der Waals surface area contributed by atoms with Gasteiger partial charge < -0.3 is 11.1 Å². The summed E-state index contributed by atoms with van der Waals surface area (Å²) in [5.74, 6) is 0.165. The number of hydrogen-bond acceptors (Lipinski definition) is 5. The van der Waals surface area contributed by atoms with Crippen molar-refractivity contribution in [2.75, 3.05) is 5.32 Å². The standard InChI is InChI=1S/C10H12N6O/c1-16-14-9(13-15-16)6-12-8-4-2-7(3-5-8)10(11)17/h2-5,12H,6H2,1H3,(H2,11,17). The highest BCUT2D eigenvalue weighted by atomic mass is 16.1. The molecule has 0 aliphatic heterocycles. The highest BCUT2D eigenvalue weighted by Crippen LogP contribution is 2.09. The Hall–Kier alpha value is -2.44. The first-order valence-electron chi connectivity index (χ1n) is 5.02. The Morgan fingerprint density at radius 1 is 1.41 bits per heavy atom. The van der Waals surface area contributed by atoms with Crippen LogP contribution in [0, 0.1) is 0 Å². The van der Waals surface area contributed by atoms with Crippen LogP contribution in [0.1, 0.15) is 16.2 Å². The number of primary amides is 1. The van der Waals surface area contributed by atoms with E-state index in [0.29, 0.717) is 17.9 Å². The number of nitrogens with two attached hydrogens (primary N) is 1. The van der Waals surface area contributed by atoms with Crippen molar-refractivity contribution in [3.8, 4) is 0 Å². The zero-order valence-corrected chi connectivity index (χ0v) is 9.29. The predicted molar refractivity (Wildman–Crippen MR) is 61.1 cm³/mol. The molecule has 0 radical (unpaired) electrons. The number of carbonyl (C=O) groups is 1. The molecule has 0 aliphatic carbocycles. The van der Waals surface area contributed by atoms with Crippen LogP contribution in [0.25, 0.3) is 0 Å². The van der Waals surface area contributed by atoms with Crippen LogP contribution >= 0.6 is 0 Å². The molecule has 2 rings (SSSR count). The van der Waals surface area contributed by atoms with Gasteiger partial charge >= 0.3 is 0 Å². The lowest BCUT2D eigenvalue weighted by atomic mass is 10.2. The average Bonchev–Trinajstić information content (AvgIpc) is 2.73. The molecule has 0 atom stereocenters. The number of nitrogens with zero attached hydrogens (tertiary/aromatic N) is 4. The van der Waals surface area contributed by atoms with Crippen molar-refractivity contribution < 1.29 is 4.79 Å². The minimum Gasteiger partial charge on any atom is -0.378 e. The van der Waals surface area contributed by atoms with E-state index in [0.717, 1.165) is 5.69 Å². The normalized spacial score (nSPS) is 10.2. The summed E-state index contributed by atoms with van der Waals surface area (Å²) >= 11 is 0. The number of carbonyl (C=O) groups excluding carboxylic acids is 1. The number of nitrogens with one attached hydrogen (secondary N) is 1. The molecule has 0 fully saturated rings. The Kier molecular flexibility index (Phi) is 2.99. The third kappa shape index (κ3) is 2.77. The maximum Gasteiger partial charge on any atom is 0.248 e. The zero-order valence-electron chi connectivity index (χ0n) is 9.29. The van der Waals surface area contributed by atoms with Gasteiger partial charge in [-0.05, 0) is 29.5 Å². The first kappa shape index (κ1) is 11.1. The quantitative estimate of drug-likeness (QED) is 0.768. The molecule has 0 bridgehead atoms. The molecular formula is C10H12N6O. The van der Waals surface area contributed by atoms with Gasteiger partial charge in [0.25, 0.3) is 0 Å². The number of anilines is 1. The van der Waals surface area contributed by atoms with Crippen LogP contribution in [-0.2, 0) is 13.6 Å². The van der Waals surface area contributed by atoms with E-state index in [1.54, 1.807) is 31.3 Å². The molecule has 1 amide bonds. The van der Waals surface area contributed by atoms with E-state index >= 15 is 0 Å². The molecule has 3 N–H and O–H groups in total. The minimum atomic E-state index is -0.438. The molecule has 0 aliphatic rings. The topological polar surface area (TPSA) is 98.7 Å². The smallest absolute Gasteiger partial charge is 0.248 e. The van der Waals surface area contributed by atoms with Crippen molar-refractivity contribution >= 4 is 11.6 Å². The van der Waals surface area contributed by atoms with E-state index in [-0.39, 0.29) is 0 Å². The lowest BCUT2D eigenvalue weighted by Gasteiger charge is -2.03. The molecule has 1 aromatic carbocycles. The van der Waals surface area contributed by atoms with Gasteiger partial charge in [0.2, 0.25) is 5.91 Å². The van der Waals surface area contributed by atoms with Crippen molar-refractivity contribution in [3.05, 3.63) is 35.7 Å². The SMILES string of the molecule is Cn1nnc(CNc2ccc(C(N)=O)cc2)n1. The second-order valence-corrected chi connectivity index (χ2v) is 3.49. The fraction of sp³-hybridized carbons (Fsp3) is 0.200. The number of rotatable bonds is 4. The lowest BCUT2D eigenvalue weighted by molar-refractivity contribution is 0.100. The van der Waals surface area contributed by atoms with Crippen LogP contribution in [0.5, 0.6) is 0 Å². The molecule has 7 nitrogen and oxygen atoms in total. The molecule has 2 aromatic rings. The van der Waals surface area contributed by atoms with Gasteiger partial charge in [0.15, 0.2) is 5.82 Å².